The van der Waals surface area contributed by atoms with Gasteiger partial charge in [-0.1, -0.05) is 18.0 Å². The minimum absolute atomic E-state index is 0.755. The zero-order chi connectivity index (χ0) is 10.3. The first-order valence-electron chi connectivity index (χ1n) is 5.50. The SMILES string of the molecule is Clc1cccn2c3c(nc12)CCCCC3. The van der Waals surface area contributed by atoms with Gasteiger partial charge < -0.3 is 4.40 Å². The fourth-order valence-electron chi connectivity index (χ4n) is 2.36. The number of fused-ring (bicyclic) bond motifs is 3. The maximum atomic E-state index is 6.13. The molecule has 0 bridgehead atoms. The number of imidazole rings is 1. The molecule has 0 fully saturated rings. The molecule has 0 saturated heterocycles. The third-order valence-corrected chi connectivity index (χ3v) is 3.41. The lowest BCUT2D eigenvalue weighted by Gasteiger charge is -2.00. The van der Waals surface area contributed by atoms with Crippen molar-refractivity contribution in [2.45, 2.75) is 32.1 Å². The van der Waals surface area contributed by atoms with Gasteiger partial charge in [-0.2, -0.15) is 0 Å². The van der Waals surface area contributed by atoms with Crippen molar-refractivity contribution in [1.82, 2.24) is 9.38 Å². The Bertz CT molecular complexity index is 502. The van der Waals surface area contributed by atoms with Crippen LogP contribution in [0, 0.1) is 0 Å². The molecule has 78 valence electrons. The monoisotopic (exact) mass is 220 g/mol. The molecule has 0 atom stereocenters. The number of hydrogen-bond acceptors (Lipinski definition) is 1. The Morgan fingerprint density at radius 3 is 3.00 bits per heavy atom. The predicted octanol–water partition coefficient (Wildman–Crippen LogP) is 3.26. The van der Waals surface area contributed by atoms with Crippen molar-refractivity contribution in [3.8, 4) is 0 Å². The highest BCUT2D eigenvalue weighted by Crippen LogP contribution is 2.25. The molecule has 15 heavy (non-hydrogen) atoms. The Morgan fingerprint density at radius 1 is 1.20 bits per heavy atom. The molecule has 2 heterocycles. The summed E-state index contributed by atoms with van der Waals surface area (Å²) in [7, 11) is 0. The lowest BCUT2D eigenvalue weighted by Crippen LogP contribution is -1.93. The van der Waals surface area contributed by atoms with Crippen molar-refractivity contribution in [3.05, 3.63) is 34.7 Å². The number of aryl methyl sites for hydroxylation is 2. The van der Waals surface area contributed by atoms with Gasteiger partial charge in [0.05, 0.1) is 10.7 Å². The van der Waals surface area contributed by atoms with E-state index in [2.05, 4.69) is 15.6 Å². The van der Waals surface area contributed by atoms with Crippen molar-refractivity contribution in [3.63, 3.8) is 0 Å². The fourth-order valence-corrected chi connectivity index (χ4v) is 2.56. The Kier molecular flexibility index (Phi) is 2.17. The zero-order valence-corrected chi connectivity index (χ0v) is 9.30. The highest BCUT2D eigenvalue weighted by atomic mass is 35.5. The van der Waals surface area contributed by atoms with Gasteiger partial charge in [-0.25, -0.2) is 4.98 Å². The van der Waals surface area contributed by atoms with Crippen molar-refractivity contribution in [2.75, 3.05) is 0 Å². The van der Waals surface area contributed by atoms with Gasteiger partial charge in [-0.3, -0.25) is 0 Å². The van der Waals surface area contributed by atoms with Crippen molar-refractivity contribution < 1.29 is 0 Å². The first-order valence-corrected chi connectivity index (χ1v) is 5.88. The topological polar surface area (TPSA) is 17.3 Å². The van der Waals surface area contributed by atoms with Crippen molar-refractivity contribution in [2.24, 2.45) is 0 Å². The second kappa shape index (κ2) is 3.53. The van der Waals surface area contributed by atoms with Crippen LogP contribution in [0.5, 0.6) is 0 Å². The van der Waals surface area contributed by atoms with Crippen LogP contribution in [0.4, 0.5) is 0 Å². The summed E-state index contributed by atoms with van der Waals surface area (Å²) in [6.45, 7) is 0. The van der Waals surface area contributed by atoms with E-state index >= 15 is 0 Å². The smallest absolute Gasteiger partial charge is 0.156 e. The predicted molar refractivity (Wildman–Crippen MR) is 61.5 cm³/mol. The van der Waals surface area contributed by atoms with E-state index in [1.54, 1.807) is 0 Å². The molecule has 1 aliphatic rings. The molecule has 0 amide bonds. The van der Waals surface area contributed by atoms with Gasteiger partial charge in [0, 0.05) is 11.9 Å². The standard InChI is InChI=1S/C12H13ClN2/c13-9-5-4-8-15-11-7-3-1-2-6-10(11)14-12(9)15/h4-5,8H,1-3,6-7H2. The minimum Gasteiger partial charge on any atom is -0.303 e. The molecule has 0 spiro atoms. The van der Waals surface area contributed by atoms with Crippen LogP contribution in [0.25, 0.3) is 5.65 Å². The quantitative estimate of drug-likeness (QED) is 0.623. The summed E-state index contributed by atoms with van der Waals surface area (Å²) in [5, 5.41) is 0.755. The maximum absolute atomic E-state index is 6.13. The Hall–Kier alpha value is -1.02. The van der Waals surface area contributed by atoms with Gasteiger partial charge in [0.15, 0.2) is 5.65 Å². The lowest BCUT2D eigenvalue weighted by molar-refractivity contribution is 0.702. The van der Waals surface area contributed by atoms with E-state index in [0.29, 0.717) is 0 Å². The second-order valence-electron chi connectivity index (χ2n) is 4.12. The van der Waals surface area contributed by atoms with Crippen LogP contribution in [0.3, 0.4) is 0 Å². The summed E-state index contributed by atoms with van der Waals surface area (Å²) in [5.41, 5.74) is 3.54. The first-order chi connectivity index (χ1) is 7.36. The molecule has 0 N–H and O–H groups in total. The molecule has 2 nitrogen and oxygen atoms in total. The largest absolute Gasteiger partial charge is 0.303 e. The number of hydrogen-bond donors (Lipinski definition) is 0. The molecule has 2 aromatic rings. The third kappa shape index (κ3) is 1.44. The number of aromatic nitrogens is 2. The van der Waals surface area contributed by atoms with E-state index in [4.69, 9.17) is 11.6 Å². The van der Waals surface area contributed by atoms with E-state index in [1.165, 1.54) is 30.7 Å². The third-order valence-electron chi connectivity index (χ3n) is 3.11. The zero-order valence-electron chi connectivity index (χ0n) is 8.54. The van der Waals surface area contributed by atoms with Crippen molar-refractivity contribution >= 4 is 17.2 Å². The van der Waals surface area contributed by atoms with Gasteiger partial charge in [-0.05, 0) is 37.8 Å². The Morgan fingerprint density at radius 2 is 2.07 bits per heavy atom. The summed E-state index contributed by atoms with van der Waals surface area (Å²) < 4.78 is 2.16. The highest BCUT2D eigenvalue weighted by molar-refractivity contribution is 6.33. The summed E-state index contributed by atoms with van der Waals surface area (Å²) in [4.78, 5) is 4.64. The van der Waals surface area contributed by atoms with Gasteiger partial charge in [0.1, 0.15) is 0 Å². The molecule has 2 aromatic heterocycles. The van der Waals surface area contributed by atoms with Gasteiger partial charge >= 0.3 is 0 Å². The average Bonchev–Trinajstić information content (AvgIpc) is 2.45. The van der Waals surface area contributed by atoms with Crippen LogP contribution < -0.4 is 0 Å². The number of halogens is 1. The van der Waals surface area contributed by atoms with Crippen LogP contribution in [-0.4, -0.2) is 9.38 Å². The molecule has 0 aliphatic heterocycles. The summed E-state index contributed by atoms with van der Waals surface area (Å²) in [6.07, 6.45) is 8.16. The molecule has 0 unspecified atom stereocenters. The van der Waals surface area contributed by atoms with Crippen LogP contribution in [0.15, 0.2) is 18.3 Å². The summed E-state index contributed by atoms with van der Waals surface area (Å²) >= 11 is 6.13. The fraction of sp³-hybridized carbons (Fsp3) is 0.417. The molecule has 0 saturated carbocycles. The van der Waals surface area contributed by atoms with E-state index < -0.39 is 0 Å². The van der Waals surface area contributed by atoms with Gasteiger partial charge in [0.2, 0.25) is 0 Å². The van der Waals surface area contributed by atoms with E-state index in [-0.39, 0.29) is 0 Å². The highest BCUT2D eigenvalue weighted by Gasteiger charge is 2.15. The van der Waals surface area contributed by atoms with Crippen LogP contribution in [-0.2, 0) is 12.8 Å². The summed E-state index contributed by atoms with van der Waals surface area (Å²) in [6, 6.07) is 3.89. The molecule has 0 radical (unpaired) electrons. The first kappa shape index (κ1) is 9.22. The van der Waals surface area contributed by atoms with E-state index in [0.717, 1.165) is 23.5 Å². The average molecular weight is 221 g/mol. The Balaban J connectivity index is 2.28. The van der Waals surface area contributed by atoms with Crippen LogP contribution in [0.1, 0.15) is 30.7 Å². The molecule has 0 aromatic carbocycles. The molecule has 3 heteroatoms. The summed E-state index contributed by atoms with van der Waals surface area (Å²) in [5.74, 6) is 0. The number of pyridine rings is 1. The van der Waals surface area contributed by atoms with Crippen molar-refractivity contribution in [1.29, 1.82) is 0 Å². The van der Waals surface area contributed by atoms with Gasteiger partial charge in [0.25, 0.3) is 0 Å². The van der Waals surface area contributed by atoms with E-state index in [9.17, 15) is 0 Å². The second-order valence-corrected chi connectivity index (χ2v) is 4.52. The number of rotatable bonds is 0. The Labute approximate surface area is 93.9 Å². The van der Waals surface area contributed by atoms with Crippen LogP contribution in [0.2, 0.25) is 5.02 Å². The van der Waals surface area contributed by atoms with E-state index in [1.807, 2.05) is 12.1 Å². The normalized spacial score (nSPS) is 16.3. The molecule has 1 aliphatic carbocycles. The van der Waals surface area contributed by atoms with Crippen LogP contribution >= 0.6 is 11.6 Å². The molecular weight excluding hydrogens is 208 g/mol. The maximum Gasteiger partial charge on any atom is 0.156 e. The van der Waals surface area contributed by atoms with Gasteiger partial charge in [-0.15, -0.1) is 0 Å². The number of nitrogens with zero attached hydrogens (tertiary/aromatic N) is 2. The molecule has 3 rings (SSSR count). The lowest BCUT2D eigenvalue weighted by atomic mass is 10.2. The minimum atomic E-state index is 0.755. The molecular formula is C12H13ClN2.